The Morgan fingerprint density at radius 1 is 1.24 bits per heavy atom. The Morgan fingerprint density at radius 2 is 2.08 bits per heavy atom. The maximum atomic E-state index is 8.91. The van der Waals surface area contributed by atoms with Crippen LogP contribution in [0.2, 0.25) is 0 Å². The summed E-state index contributed by atoms with van der Waals surface area (Å²) in [6, 6.07) is 14.0. The van der Waals surface area contributed by atoms with Gasteiger partial charge in [-0.2, -0.15) is 0 Å². The summed E-state index contributed by atoms with van der Waals surface area (Å²) in [6.45, 7) is 3.75. The first-order valence-corrected chi connectivity index (χ1v) is 11.8. The Bertz CT molecular complexity index is 951. The Balaban J connectivity index is 1.44. The summed E-state index contributed by atoms with van der Waals surface area (Å²) in [5.74, 6) is 0. The number of fused-ring (bicyclic) bond motifs is 1. The van der Waals surface area contributed by atoms with Gasteiger partial charge in [0.2, 0.25) is 0 Å². The zero-order valence-electron chi connectivity index (χ0n) is 13.3. The van der Waals surface area contributed by atoms with Crippen LogP contribution < -0.4 is 10.8 Å². The van der Waals surface area contributed by atoms with Gasteiger partial charge in [-0.3, -0.25) is 0 Å². The van der Waals surface area contributed by atoms with Crippen molar-refractivity contribution >= 4 is 53.5 Å². The third-order valence-corrected chi connectivity index (χ3v) is 10.5. The van der Waals surface area contributed by atoms with E-state index in [9.17, 15) is 0 Å². The number of hydrogen-bond acceptors (Lipinski definition) is 5. The van der Waals surface area contributed by atoms with E-state index >= 15 is 0 Å². The Morgan fingerprint density at radius 3 is 2.88 bits per heavy atom. The molecule has 124 valence electrons. The second-order valence-corrected chi connectivity index (χ2v) is 11.8. The molecule has 0 fully saturated rings. The summed E-state index contributed by atoms with van der Waals surface area (Å²) in [6.07, 6.45) is 4.05. The summed E-state index contributed by atoms with van der Waals surface area (Å²) in [7, 11) is 0. The summed E-state index contributed by atoms with van der Waals surface area (Å²) >= 11 is 1.07. The number of aromatic nitrogens is 2. The molecule has 4 rings (SSSR count). The predicted octanol–water partition coefficient (Wildman–Crippen LogP) is 3.43. The number of rotatable bonds is 5. The minimum atomic E-state index is -0.793. The van der Waals surface area contributed by atoms with E-state index in [1.807, 2.05) is 60.4 Å². The van der Waals surface area contributed by atoms with Gasteiger partial charge < -0.3 is 0 Å². The number of nitrogens with zero attached hydrogens (tertiary/aromatic N) is 2. The Kier molecular flexibility index (Phi) is 4.73. The van der Waals surface area contributed by atoms with Gasteiger partial charge in [0.15, 0.2) is 0 Å². The van der Waals surface area contributed by atoms with Crippen molar-refractivity contribution in [1.82, 2.24) is 14.9 Å². The van der Waals surface area contributed by atoms with Crippen LogP contribution >= 0.6 is 11.8 Å². The molecule has 1 atom stereocenters. The average molecular weight is 455 g/mol. The van der Waals surface area contributed by atoms with Crippen LogP contribution in [0.25, 0.3) is 14.9 Å². The molecule has 3 heterocycles. The predicted molar refractivity (Wildman–Crippen MR) is 104 cm³/mol. The molecule has 2 radical (unpaired) electrons. The van der Waals surface area contributed by atoms with Gasteiger partial charge in [-0.25, -0.2) is 0 Å². The molecule has 25 heavy (non-hydrogen) atoms. The van der Waals surface area contributed by atoms with Crippen LogP contribution in [0.5, 0.6) is 0 Å². The maximum absolute atomic E-state index is 8.91. The van der Waals surface area contributed by atoms with Gasteiger partial charge in [0.1, 0.15) is 0 Å². The molecule has 5 nitrogen and oxygen atoms in total. The topological polar surface area (TPSA) is 61.6 Å². The fourth-order valence-electron chi connectivity index (χ4n) is 2.67. The summed E-state index contributed by atoms with van der Waals surface area (Å²) < 4.78 is 4.08. The van der Waals surface area contributed by atoms with Crippen molar-refractivity contribution in [3.63, 3.8) is 0 Å². The van der Waals surface area contributed by atoms with Crippen LogP contribution in [0.3, 0.4) is 0 Å². The first-order chi connectivity index (χ1) is 12.2. The molecular formula is C18H16N4OSSn. The number of anilines is 1. The SMILES string of the molecule is C=C(NO)c1ccc(N[CH]2SC=[C](c3cnc4ccccn34)[Sn]2)cc1. The fourth-order valence-corrected chi connectivity index (χ4v) is 9.02. The molecule has 2 aromatic heterocycles. The quantitative estimate of drug-likeness (QED) is 0.407. The van der Waals surface area contributed by atoms with Crippen LogP contribution in [0.1, 0.15) is 11.3 Å². The normalized spacial score (nSPS) is 16.7. The molecule has 3 N–H and O–H groups in total. The van der Waals surface area contributed by atoms with Crippen LogP contribution in [0, 0.1) is 0 Å². The molecule has 1 unspecified atom stereocenters. The number of benzene rings is 1. The number of hydroxylamine groups is 1. The standard InChI is InChI=1S/C18H16N4OS.Sn/c1-14(21-23)15-5-7-16(8-6-15)20-13-24-11-9-17-12-19-18-4-2-3-10-22(17)18;/h2-8,10-13,20-21,23H,1H2;. The number of thioether (sulfide) groups is 1. The third-order valence-electron chi connectivity index (χ3n) is 3.97. The van der Waals surface area contributed by atoms with Crippen LogP contribution in [-0.2, 0) is 0 Å². The molecule has 0 saturated heterocycles. The second-order valence-electron chi connectivity index (χ2n) is 5.58. The molecule has 1 aliphatic rings. The first-order valence-electron chi connectivity index (χ1n) is 7.75. The van der Waals surface area contributed by atoms with E-state index < -0.39 is 21.1 Å². The molecule has 1 aromatic carbocycles. The molecule has 0 bridgehead atoms. The minimum absolute atomic E-state index is 0.456. The van der Waals surface area contributed by atoms with E-state index in [0.29, 0.717) is 9.09 Å². The van der Waals surface area contributed by atoms with Crippen molar-refractivity contribution in [2.24, 2.45) is 0 Å². The van der Waals surface area contributed by atoms with Crippen LogP contribution in [0.15, 0.2) is 66.8 Å². The van der Waals surface area contributed by atoms with Gasteiger partial charge in [0.05, 0.1) is 0 Å². The van der Waals surface area contributed by atoms with Crippen molar-refractivity contribution in [2.75, 3.05) is 5.32 Å². The number of imidazole rings is 1. The van der Waals surface area contributed by atoms with E-state index in [4.69, 9.17) is 5.21 Å². The van der Waals surface area contributed by atoms with Gasteiger partial charge >= 0.3 is 160 Å². The zero-order chi connectivity index (χ0) is 17.2. The van der Waals surface area contributed by atoms with Crippen LogP contribution in [-0.4, -0.2) is 39.1 Å². The van der Waals surface area contributed by atoms with Crippen molar-refractivity contribution < 1.29 is 5.21 Å². The summed E-state index contributed by atoms with van der Waals surface area (Å²) in [5, 5.41) is 14.8. The average Bonchev–Trinajstić information content (AvgIpc) is 3.28. The summed E-state index contributed by atoms with van der Waals surface area (Å²) in [4.78, 5) is 4.49. The second kappa shape index (κ2) is 7.15. The van der Waals surface area contributed by atoms with Crippen LogP contribution in [0.4, 0.5) is 5.69 Å². The van der Waals surface area contributed by atoms with Gasteiger partial charge in [-0.1, -0.05) is 0 Å². The van der Waals surface area contributed by atoms with E-state index in [-0.39, 0.29) is 0 Å². The van der Waals surface area contributed by atoms with Crippen molar-refractivity contribution in [2.45, 2.75) is 3.39 Å². The van der Waals surface area contributed by atoms with Gasteiger partial charge in [0, 0.05) is 0 Å². The number of hydrogen-bond donors (Lipinski definition) is 3. The third kappa shape index (κ3) is 3.42. The number of nitrogens with one attached hydrogen (secondary N) is 2. The first kappa shape index (κ1) is 16.6. The fraction of sp³-hybridized carbons (Fsp3) is 0.0556. The van der Waals surface area contributed by atoms with Gasteiger partial charge in [-0.05, 0) is 0 Å². The molecule has 0 saturated carbocycles. The zero-order valence-corrected chi connectivity index (χ0v) is 17.0. The molecule has 3 aromatic rings. The van der Waals surface area contributed by atoms with E-state index in [1.54, 1.807) is 0 Å². The Hall–Kier alpha value is -1.90. The van der Waals surface area contributed by atoms with Crippen molar-refractivity contribution in [3.05, 3.63) is 78.1 Å². The molecular weight excluding hydrogens is 439 g/mol. The monoisotopic (exact) mass is 456 g/mol. The van der Waals surface area contributed by atoms with E-state index in [0.717, 1.165) is 16.9 Å². The van der Waals surface area contributed by atoms with Crippen molar-refractivity contribution in [1.29, 1.82) is 0 Å². The summed E-state index contributed by atoms with van der Waals surface area (Å²) in [5.41, 5.74) is 6.75. The van der Waals surface area contributed by atoms with Gasteiger partial charge in [0.25, 0.3) is 0 Å². The number of pyridine rings is 1. The molecule has 1 aliphatic heterocycles. The Labute approximate surface area is 160 Å². The van der Waals surface area contributed by atoms with E-state index in [1.165, 1.54) is 9.28 Å². The van der Waals surface area contributed by atoms with Gasteiger partial charge in [-0.15, -0.1) is 0 Å². The molecule has 0 amide bonds. The molecule has 7 heteroatoms. The molecule has 0 aliphatic carbocycles. The van der Waals surface area contributed by atoms with Crippen molar-refractivity contribution in [3.8, 4) is 0 Å². The van der Waals surface area contributed by atoms with E-state index in [2.05, 4.69) is 38.4 Å². The molecule has 0 spiro atoms.